The van der Waals surface area contributed by atoms with Gasteiger partial charge in [0.15, 0.2) is 0 Å². The summed E-state index contributed by atoms with van der Waals surface area (Å²) in [6.45, 7) is 3.02. The lowest BCUT2D eigenvalue weighted by molar-refractivity contribution is 0.240. The van der Waals surface area contributed by atoms with Gasteiger partial charge in [-0.05, 0) is 89.9 Å². The quantitative estimate of drug-likeness (QED) is 0.125. The molecule has 0 aromatic heterocycles. The maximum absolute atomic E-state index is 6.40. The van der Waals surface area contributed by atoms with Crippen molar-refractivity contribution in [2.75, 3.05) is 39.3 Å². The Kier molecular flexibility index (Phi) is 15.2. The summed E-state index contributed by atoms with van der Waals surface area (Å²) >= 11 is 0. The van der Waals surface area contributed by atoms with Gasteiger partial charge in [-0.15, -0.1) is 0 Å². The Labute approximate surface area is 176 Å². The van der Waals surface area contributed by atoms with Crippen LogP contribution in [0.4, 0.5) is 0 Å². The van der Waals surface area contributed by atoms with Crippen LogP contribution in [0.1, 0.15) is 38.5 Å². The molecular weight excluding hydrogens is 368 g/mol. The molecule has 0 aliphatic rings. The second-order valence-corrected chi connectivity index (χ2v) is 7.73. The molecule has 0 radical (unpaired) electrons. The number of hydrogen-bond acceptors (Lipinski definition) is 9. The van der Waals surface area contributed by atoms with Crippen LogP contribution < -0.4 is 45.9 Å². The topological polar surface area (TPSA) is 217 Å². The Bertz CT molecular complexity index is 406. The van der Waals surface area contributed by atoms with Gasteiger partial charge in [-0.2, -0.15) is 0 Å². The first-order chi connectivity index (χ1) is 13.9. The zero-order valence-corrected chi connectivity index (χ0v) is 18.0. The Morgan fingerprint density at radius 1 is 0.552 bits per heavy atom. The van der Waals surface area contributed by atoms with E-state index in [4.69, 9.17) is 50.6 Å². The van der Waals surface area contributed by atoms with E-state index in [0.717, 1.165) is 0 Å². The fourth-order valence-corrected chi connectivity index (χ4v) is 3.98. The molecule has 0 bridgehead atoms. The summed E-state index contributed by atoms with van der Waals surface area (Å²) < 4.78 is 5.69. The molecular formula is C20H46N8O. The summed E-state index contributed by atoms with van der Waals surface area (Å²) in [5.41, 5.74) is 46.8. The van der Waals surface area contributed by atoms with Crippen LogP contribution in [-0.2, 0) is 4.74 Å². The summed E-state index contributed by atoms with van der Waals surface area (Å²) in [7, 11) is 0. The average molecular weight is 415 g/mol. The van der Waals surface area contributed by atoms with Crippen LogP contribution in [0, 0.1) is 10.8 Å². The minimum absolute atomic E-state index is 0.144. The van der Waals surface area contributed by atoms with Gasteiger partial charge in [0, 0.05) is 22.9 Å². The molecule has 0 aliphatic heterocycles. The van der Waals surface area contributed by atoms with Crippen molar-refractivity contribution in [1.29, 1.82) is 0 Å². The van der Waals surface area contributed by atoms with Crippen LogP contribution in [0.5, 0.6) is 0 Å². The summed E-state index contributed by atoms with van der Waals surface area (Å²) in [6, 6.07) is -0.287. The van der Waals surface area contributed by atoms with Gasteiger partial charge < -0.3 is 50.6 Å². The van der Waals surface area contributed by atoms with Crippen molar-refractivity contribution in [3.8, 4) is 0 Å². The molecule has 0 rings (SSSR count). The standard InChI is InChI=1S/C20H46N8O/c21-9-1-17(27)19(3-11-23,4-12-24)7-15-29-16-8-20(5-13-25,6-14-26)18(28)2-10-22/h7-8,15-18H,1-6,9-14,21-28H2. The second kappa shape index (κ2) is 15.8. The van der Waals surface area contributed by atoms with Gasteiger partial charge in [0.1, 0.15) is 0 Å². The largest absolute Gasteiger partial charge is 0.473 e. The lowest BCUT2D eigenvalue weighted by Crippen LogP contribution is -2.44. The number of nitrogens with two attached hydrogens (primary N) is 8. The highest BCUT2D eigenvalue weighted by Crippen LogP contribution is 2.34. The molecule has 0 saturated heterocycles. The van der Waals surface area contributed by atoms with E-state index in [-0.39, 0.29) is 22.9 Å². The Balaban J connectivity index is 5.42. The maximum Gasteiger partial charge on any atom is 0.0867 e. The second-order valence-electron chi connectivity index (χ2n) is 7.73. The van der Waals surface area contributed by atoms with Crippen LogP contribution >= 0.6 is 0 Å². The zero-order valence-electron chi connectivity index (χ0n) is 18.0. The van der Waals surface area contributed by atoms with Crippen LogP contribution in [-0.4, -0.2) is 51.4 Å². The van der Waals surface area contributed by atoms with Crippen LogP contribution in [0.3, 0.4) is 0 Å². The summed E-state index contributed by atoms with van der Waals surface area (Å²) in [6.07, 6.45) is 11.4. The smallest absolute Gasteiger partial charge is 0.0867 e. The van der Waals surface area contributed by atoms with E-state index in [1.807, 2.05) is 12.2 Å². The zero-order chi connectivity index (χ0) is 22.2. The van der Waals surface area contributed by atoms with Crippen molar-refractivity contribution in [3.63, 3.8) is 0 Å². The fraction of sp³-hybridized carbons (Fsp3) is 0.800. The fourth-order valence-electron chi connectivity index (χ4n) is 3.98. The lowest BCUT2D eigenvalue weighted by Gasteiger charge is -2.36. The molecule has 172 valence electrons. The van der Waals surface area contributed by atoms with Crippen LogP contribution in [0.15, 0.2) is 24.7 Å². The van der Waals surface area contributed by atoms with Crippen molar-refractivity contribution in [2.45, 2.75) is 50.6 Å². The number of rotatable bonds is 18. The van der Waals surface area contributed by atoms with Crippen LogP contribution in [0.25, 0.3) is 0 Å². The molecule has 9 nitrogen and oxygen atoms in total. The van der Waals surface area contributed by atoms with Crippen molar-refractivity contribution in [2.24, 2.45) is 56.7 Å². The van der Waals surface area contributed by atoms with Gasteiger partial charge in [-0.1, -0.05) is 0 Å². The third-order valence-electron chi connectivity index (χ3n) is 5.83. The first-order valence-corrected chi connectivity index (χ1v) is 10.6. The van der Waals surface area contributed by atoms with Crippen molar-refractivity contribution >= 4 is 0 Å². The third kappa shape index (κ3) is 9.10. The highest BCUT2D eigenvalue weighted by molar-refractivity contribution is 5.07. The first-order valence-electron chi connectivity index (χ1n) is 10.6. The number of hydrogen-bond donors (Lipinski definition) is 8. The maximum atomic E-state index is 6.40. The summed E-state index contributed by atoms with van der Waals surface area (Å²) in [5.74, 6) is 0. The highest BCUT2D eigenvalue weighted by Gasteiger charge is 2.33. The van der Waals surface area contributed by atoms with E-state index in [9.17, 15) is 0 Å². The molecule has 2 atom stereocenters. The van der Waals surface area contributed by atoms with Gasteiger partial charge in [-0.3, -0.25) is 0 Å². The molecule has 0 spiro atoms. The predicted octanol–water partition coefficient (Wildman–Crippen LogP) is -1.25. The molecule has 9 heteroatoms. The molecule has 0 heterocycles. The molecule has 0 aromatic rings. The molecule has 0 aromatic carbocycles. The normalized spacial score (nSPS) is 15.3. The van der Waals surface area contributed by atoms with Gasteiger partial charge >= 0.3 is 0 Å². The van der Waals surface area contributed by atoms with E-state index in [0.29, 0.717) is 77.8 Å². The monoisotopic (exact) mass is 414 g/mol. The molecule has 0 aliphatic carbocycles. The molecule has 29 heavy (non-hydrogen) atoms. The predicted molar refractivity (Wildman–Crippen MR) is 122 cm³/mol. The molecule has 16 N–H and O–H groups in total. The lowest BCUT2D eigenvalue weighted by atomic mass is 9.73. The van der Waals surface area contributed by atoms with E-state index in [2.05, 4.69) is 0 Å². The molecule has 0 amide bonds. The van der Waals surface area contributed by atoms with E-state index in [1.54, 1.807) is 12.5 Å². The van der Waals surface area contributed by atoms with Crippen LogP contribution in [0.2, 0.25) is 0 Å². The first kappa shape index (κ1) is 28.0. The van der Waals surface area contributed by atoms with Gasteiger partial charge in [-0.25, -0.2) is 0 Å². The van der Waals surface area contributed by atoms with E-state index in [1.165, 1.54) is 0 Å². The summed E-state index contributed by atoms with van der Waals surface area (Å²) in [4.78, 5) is 0. The Morgan fingerprint density at radius 3 is 1.10 bits per heavy atom. The third-order valence-corrected chi connectivity index (χ3v) is 5.83. The minimum Gasteiger partial charge on any atom is -0.473 e. The highest BCUT2D eigenvalue weighted by atomic mass is 16.5. The van der Waals surface area contributed by atoms with Gasteiger partial charge in [0.05, 0.1) is 12.5 Å². The SMILES string of the molecule is NCCC(N)C(C=COC=CC(CCN)(CCN)C(N)CCN)(CCN)CCN. The van der Waals surface area contributed by atoms with Crippen molar-refractivity contribution in [1.82, 2.24) is 0 Å². The van der Waals surface area contributed by atoms with E-state index >= 15 is 0 Å². The van der Waals surface area contributed by atoms with Crippen molar-refractivity contribution < 1.29 is 4.74 Å². The van der Waals surface area contributed by atoms with Crippen molar-refractivity contribution in [3.05, 3.63) is 24.7 Å². The molecule has 0 saturated carbocycles. The van der Waals surface area contributed by atoms with E-state index < -0.39 is 0 Å². The average Bonchev–Trinajstić information content (AvgIpc) is 2.68. The Morgan fingerprint density at radius 2 is 0.862 bits per heavy atom. The van der Waals surface area contributed by atoms with Gasteiger partial charge in [0.25, 0.3) is 0 Å². The number of ether oxygens (including phenoxy) is 1. The molecule has 2 unspecified atom stereocenters. The minimum atomic E-state index is -0.349. The molecule has 0 fully saturated rings. The van der Waals surface area contributed by atoms with Gasteiger partial charge in [0.2, 0.25) is 0 Å². The Hall–Kier alpha value is -1.04. The summed E-state index contributed by atoms with van der Waals surface area (Å²) in [5, 5.41) is 0.